The minimum absolute atomic E-state index is 0.0317. The first-order valence-corrected chi connectivity index (χ1v) is 9.13. The number of rotatable bonds is 6. The number of carbonyl (C=O) groups is 3. The summed E-state index contributed by atoms with van der Waals surface area (Å²) < 4.78 is 31.2. The van der Waals surface area contributed by atoms with E-state index in [1.54, 1.807) is 24.3 Å². The molecular weight excluding hydrogens is 434 g/mol. The molecule has 1 aromatic heterocycles. The summed E-state index contributed by atoms with van der Waals surface area (Å²) in [6.45, 7) is 0.114. The van der Waals surface area contributed by atoms with E-state index in [2.05, 4.69) is 25.6 Å². The first-order chi connectivity index (χ1) is 14.8. The first kappa shape index (κ1) is 21.9. The number of carbonyl (C=O) groups excluding carboxylic acids is 3. The van der Waals surface area contributed by atoms with Crippen molar-refractivity contribution in [3.63, 3.8) is 0 Å². The van der Waals surface area contributed by atoms with Gasteiger partial charge in [0.05, 0.1) is 23.3 Å². The number of ether oxygens (including phenoxy) is 1. The highest BCUT2D eigenvalue weighted by molar-refractivity contribution is 6.34. The molecule has 0 aliphatic heterocycles. The fourth-order valence-electron chi connectivity index (χ4n) is 2.59. The maximum absolute atomic E-state index is 13.4. The summed E-state index contributed by atoms with van der Waals surface area (Å²) in [6.07, 6.45) is 0. The van der Waals surface area contributed by atoms with Crippen molar-refractivity contribution in [2.45, 2.75) is 6.54 Å². The Morgan fingerprint density at radius 1 is 1.10 bits per heavy atom. The van der Waals surface area contributed by atoms with E-state index in [9.17, 15) is 23.2 Å². The van der Waals surface area contributed by atoms with Gasteiger partial charge in [-0.15, -0.1) is 0 Å². The maximum atomic E-state index is 13.4. The predicted molar refractivity (Wildman–Crippen MR) is 107 cm³/mol. The van der Waals surface area contributed by atoms with Crippen LogP contribution in [0.25, 0.3) is 0 Å². The fraction of sp³-hybridized carbons (Fsp3) is 0.100. The van der Waals surface area contributed by atoms with Gasteiger partial charge in [-0.1, -0.05) is 23.7 Å². The Bertz CT molecular complexity index is 1170. The molecule has 0 spiro atoms. The van der Waals surface area contributed by atoms with Crippen LogP contribution in [-0.4, -0.2) is 35.1 Å². The number of nitrogens with one attached hydrogen (secondary N) is 3. The Hall–Kier alpha value is -3.79. The number of nitrogens with zero attached hydrogens (tertiary/aromatic N) is 1. The Kier molecular flexibility index (Phi) is 6.61. The van der Waals surface area contributed by atoms with Crippen molar-refractivity contribution in [2.75, 3.05) is 12.4 Å². The zero-order chi connectivity index (χ0) is 22.5. The minimum Gasteiger partial charge on any atom is -0.465 e. The number of anilines is 1. The summed E-state index contributed by atoms with van der Waals surface area (Å²) in [6, 6.07) is 9.14. The number of H-pyrrole nitrogens is 1. The van der Waals surface area contributed by atoms with Crippen molar-refractivity contribution >= 4 is 35.2 Å². The third kappa shape index (κ3) is 5.23. The highest BCUT2D eigenvalue weighted by atomic mass is 35.5. The third-order valence-corrected chi connectivity index (χ3v) is 4.43. The standard InChI is InChI=1S/C20H15ClF2N4O4/c1-31-20(30)11-4-2-3-10(5-11)9-24-19(29)16-8-17(27-26-16)25-18(28)12-6-14(22)15(23)7-13(12)21/h2-8H,9H2,1H3,(H,24,29)(H2,25,26,27,28). The largest absolute Gasteiger partial charge is 0.465 e. The van der Waals surface area contributed by atoms with E-state index in [-0.39, 0.29) is 28.6 Å². The van der Waals surface area contributed by atoms with Gasteiger partial charge in [0.25, 0.3) is 11.8 Å². The van der Waals surface area contributed by atoms with Crippen LogP contribution >= 0.6 is 11.6 Å². The van der Waals surface area contributed by atoms with Gasteiger partial charge in [0.15, 0.2) is 17.3 Å². The van der Waals surface area contributed by atoms with Crippen LogP contribution in [0, 0.1) is 11.6 Å². The molecule has 31 heavy (non-hydrogen) atoms. The van der Waals surface area contributed by atoms with Crippen molar-refractivity contribution < 1.29 is 27.9 Å². The second kappa shape index (κ2) is 9.35. The number of amides is 2. The second-order valence-electron chi connectivity index (χ2n) is 6.24. The number of aromatic amines is 1. The van der Waals surface area contributed by atoms with E-state index in [0.29, 0.717) is 23.3 Å². The molecule has 3 rings (SSSR count). The van der Waals surface area contributed by atoms with Gasteiger partial charge in [-0.2, -0.15) is 5.10 Å². The van der Waals surface area contributed by atoms with E-state index in [4.69, 9.17) is 11.6 Å². The SMILES string of the molecule is COC(=O)c1cccc(CNC(=O)c2cc(NC(=O)c3cc(F)c(F)cc3Cl)[nH]n2)c1. The summed E-state index contributed by atoms with van der Waals surface area (Å²) in [5, 5.41) is 10.9. The second-order valence-corrected chi connectivity index (χ2v) is 6.65. The average molecular weight is 449 g/mol. The van der Waals surface area contributed by atoms with Gasteiger partial charge >= 0.3 is 5.97 Å². The lowest BCUT2D eigenvalue weighted by Crippen LogP contribution is -2.23. The number of benzene rings is 2. The Morgan fingerprint density at radius 3 is 2.58 bits per heavy atom. The fourth-order valence-corrected chi connectivity index (χ4v) is 2.82. The lowest BCUT2D eigenvalue weighted by atomic mass is 10.1. The van der Waals surface area contributed by atoms with E-state index in [0.717, 1.165) is 0 Å². The first-order valence-electron chi connectivity index (χ1n) is 8.75. The summed E-state index contributed by atoms with van der Waals surface area (Å²) in [4.78, 5) is 36.1. The molecule has 11 heteroatoms. The van der Waals surface area contributed by atoms with Gasteiger partial charge in [0.2, 0.25) is 0 Å². The minimum atomic E-state index is -1.23. The van der Waals surface area contributed by atoms with Gasteiger partial charge in [0, 0.05) is 12.6 Å². The normalized spacial score (nSPS) is 10.5. The summed E-state index contributed by atoms with van der Waals surface area (Å²) in [5.41, 5.74) is 0.686. The average Bonchev–Trinajstić information content (AvgIpc) is 3.22. The summed E-state index contributed by atoms with van der Waals surface area (Å²) in [7, 11) is 1.27. The molecule has 0 atom stereocenters. The zero-order valence-electron chi connectivity index (χ0n) is 16.0. The molecule has 3 aromatic rings. The van der Waals surface area contributed by atoms with Gasteiger partial charge in [-0.05, 0) is 29.8 Å². The van der Waals surface area contributed by atoms with Crippen LogP contribution in [0.15, 0.2) is 42.5 Å². The van der Waals surface area contributed by atoms with E-state index in [1.165, 1.54) is 13.2 Å². The molecular formula is C20H15ClF2N4O4. The highest BCUT2D eigenvalue weighted by Crippen LogP contribution is 2.21. The number of methoxy groups -OCH3 is 1. The number of halogens is 3. The van der Waals surface area contributed by atoms with Crippen molar-refractivity contribution in [3.05, 3.63) is 81.5 Å². The summed E-state index contributed by atoms with van der Waals surface area (Å²) in [5.74, 6) is -4.23. The molecule has 1 heterocycles. The van der Waals surface area contributed by atoms with E-state index < -0.39 is 29.4 Å². The third-order valence-electron chi connectivity index (χ3n) is 4.11. The molecule has 0 saturated heterocycles. The van der Waals surface area contributed by atoms with Gasteiger partial charge < -0.3 is 15.4 Å². The summed E-state index contributed by atoms with van der Waals surface area (Å²) >= 11 is 5.77. The number of esters is 1. The molecule has 0 radical (unpaired) electrons. The quantitative estimate of drug-likeness (QED) is 0.395. The maximum Gasteiger partial charge on any atom is 0.337 e. The molecule has 0 bridgehead atoms. The number of aromatic nitrogens is 2. The zero-order valence-corrected chi connectivity index (χ0v) is 16.7. The molecule has 8 nitrogen and oxygen atoms in total. The Morgan fingerprint density at radius 2 is 1.84 bits per heavy atom. The van der Waals surface area contributed by atoms with Crippen LogP contribution in [0.5, 0.6) is 0 Å². The van der Waals surface area contributed by atoms with Crippen molar-refractivity contribution in [1.82, 2.24) is 15.5 Å². The molecule has 0 aliphatic rings. The highest BCUT2D eigenvalue weighted by Gasteiger charge is 2.17. The van der Waals surface area contributed by atoms with E-state index in [1.807, 2.05) is 0 Å². The molecule has 0 fully saturated rings. The topological polar surface area (TPSA) is 113 Å². The lowest BCUT2D eigenvalue weighted by molar-refractivity contribution is 0.0600. The molecule has 2 amide bonds. The number of hydrogen-bond donors (Lipinski definition) is 3. The Labute approximate surface area is 179 Å². The molecule has 3 N–H and O–H groups in total. The Balaban J connectivity index is 1.63. The number of hydrogen-bond acceptors (Lipinski definition) is 5. The molecule has 160 valence electrons. The van der Waals surface area contributed by atoms with Crippen molar-refractivity contribution in [3.8, 4) is 0 Å². The lowest BCUT2D eigenvalue weighted by Gasteiger charge is -2.06. The van der Waals surface area contributed by atoms with Crippen LogP contribution in [0.2, 0.25) is 5.02 Å². The monoisotopic (exact) mass is 448 g/mol. The van der Waals surface area contributed by atoms with E-state index >= 15 is 0 Å². The van der Waals surface area contributed by atoms with Gasteiger partial charge in [-0.3, -0.25) is 14.7 Å². The molecule has 0 unspecified atom stereocenters. The van der Waals surface area contributed by atoms with Crippen LogP contribution in [-0.2, 0) is 11.3 Å². The van der Waals surface area contributed by atoms with Crippen molar-refractivity contribution in [2.24, 2.45) is 0 Å². The molecule has 0 saturated carbocycles. The van der Waals surface area contributed by atoms with Crippen LogP contribution in [0.3, 0.4) is 0 Å². The predicted octanol–water partition coefficient (Wildman–Crippen LogP) is 3.31. The molecule has 0 aliphatic carbocycles. The smallest absolute Gasteiger partial charge is 0.337 e. The van der Waals surface area contributed by atoms with Crippen LogP contribution < -0.4 is 10.6 Å². The van der Waals surface area contributed by atoms with Crippen LogP contribution in [0.4, 0.5) is 14.6 Å². The van der Waals surface area contributed by atoms with Gasteiger partial charge in [-0.25, -0.2) is 13.6 Å². The molecule has 2 aromatic carbocycles. The van der Waals surface area contributed by atoms with Gasteiger partial charge in [0.1, 0.15) is 5.82 Å². The van der Waals surface area contributed by atoms with Crippen molar-refractivity contribution in [1.29, 1.82) is 0 Å². The van der Waals surface area contributed by atoms with Crippen LogP contribution in [0.1, 0.15) is 36.8 Å².